The lowest BCUT2D eigenvalue weighted by Gasteiger charge is -2.06. The summed E-state index contributed by atoms with van der Waals surface area (Å²) in [5.41, 5.74) is 1.89. The van der Waals surface area contributed by atoms with Crippen LogP contribution in [0, 0.1) is 5.82 Å². The SMILES string of the molecule is Cn1ccc2c(NCc3ccc(F)cc3)ncnc21. The van der Waals surface area contributed by atoms with Crippen molar-refractivity contribution in [2.45, 2.75) is 6.54 Å². The zero-order valence-electron chi connectivity index (χ0n) is 10.5. The summed E-state index contributed by atoms with van der Waals surface area (Å²) < 4.78 is 14.8. The zero-order chi connectivity index (χ0) is 13.2. The number of halogens is 1. The molecular weight excluding hydrogens is 243 g/mol. The van der Waals surface area contributed by atoms with Crippen LogP contribution in [-0.4, -0.2) is 14.5 Å². The van der Waals surface area contributed by atoms with Crippen LogP contribution in [0.25, 0.3) is 11.0 Å². The Labute approximate surface area is 109 Å². The van der Waals surface area contributed by atoms with Gasteiger partial charge in [-0.1, -0.05) is 12.1 Å². The van der Waals surface area contributed by atoms with Gasteiger partial charge in [0.15, 0.2) is 0 Å². The van der Waals surface area contributed by atoms with Gasteiger partial charge in [-0.2, -0.15) is 0 Å². The Hall–Kier alpha value is -2.43. The molecule has 0 aliphatic heterocycles. The summed E-state index contributed by atoms with van der Waals surface area (Å²) in [6.07, 6.45) is 3.48. The van der Waals surface area contributed by atoms with Gasteiger partial charge in [0.2, 0.25) is 0 Å². The van der Waals surface area contributed by atoms with Gasteiger partial charge in [-0.3, -0.25) is 0 Å². The van der Waals surface area contributed by atoms with Crippen LogP contribution in [0.15, 0.2) is 42.9 Å². The first-order chi connectivity index (χ1) is 9.24. The predicted molar refractivity (Wildman–Crippen MR) is 72.2 cm³/mol. The van der Waals surface area contributed by atoms with Gasteiger partial charge in [0.25, 0.3) is 0 Å². The van der Waals surface area contributed by atoms with Gasteiger partial charge >= 0.3 is 0 Å². The van der Waals surface area contributed by atoms with Crippen molar-refractivity contribution in [3.63, 3.8) is 0 Å². The maximum Gasteiger partial charge on any atom is 0.145 e. The molecule has 2 aromatic heterocycles. The summed E-state index contributed by atoms with van der Waals surface area (Å²) in [4.78, 5) is 8.47. The number of nitrogens with zero attached hydrogens (tertiary/aromatic N) is 3. The fraction of sp³-hybridized carbons (Fsp3) is 0.143. The van der Waals surface area contributed by atoms with Gasteiger partial charge in [-0.05, 0) is 23.8 Å². The highest BCUT2D eigenvalue weighted by Crippen LogP contribution is 2.19. The van der Waals surface area contributed by atoms with Crippen molar-refractivity contribution in [3.05, 3.63) is 54.2 Å². The average Bonchev–Trinajstić information content (AvgIpc) is 2.81. The third-order valence-electron chi connectivity index (χ3n) is 3.03. The van der Waals surface area contributed by atoms with Crippen molar-refractivity contribution in [3.8, 4) is 0 Å². The molecule has 96 valence electrons. The maximum atomic E-state index is 12.8. The van der Waals surface area contributed by atoms with Gasteiger partial charge in [0.1, 0.15) is 23.6 Å². The number of aromatic nitrogens is 3. The van der Waals surface area contributed by atoms with E-state index < -0.39 is 0 Å². The van der Waals surface area contributed by atoms with Gasteiger partial charge < -0.3 is 9.88 Å². The Morgan fingerprint density at radius 2 is 1.95 bits per heavy atom. The summed E-state index contributed by atoms with van der Waals surface area (Å²) in [7, 11) is 1.94. The van der Waals surface area contributed by atoms with Gasteiger partial charge in [0.05, 0.1) is 5.39 Å². The van der Waals surface area contributed by atoms with E-state index in [-0.39, 0.29) is 5.82 Å². The number of hydrogen-bond acceptors (Lipinski definition) is 3. The van der Waals surface area contributed by atoms with Crippen molar-refractivity contribution in [1.82, 2.24) is 14.5 Å². The molecule has 0 spiro atoms. The molecule has 3 rings (SSSR count). The van der Waals surface area contributed by atoms with E-state index in [2.05, 4.69) is 15.3 Å². The first kappa shape index (κ1) is 11.6. The van der Waals surface area contributed by atoms with Gasteiger partial charge in [-0.15, -0.1) is 0 Å². The summed E-state index contributed by atoms with van der Waals surface area (Å²) in [6, 6.07) is 8.39. The van der Waals surface area contributed by atoms with Crippen LogP contribution in [0.4, 0.5) is 10.2 Å². The predicted octanol–water partition coefficient (Wildman–Crippen LogP) is 2.72. The van der Waals surface area contributed by atoms with E-state index in [1.54, 1.807) is 12.1 Å². The fourth-order valence-electron chi connectivity index (χ4n) is 2.01. The van der Waals surface area contributed by atoms with Crippen LogP contribution in [0.5, 0.6) is 0 Å². The molecule has 0 saturated heterocycles. The second kappa shape index (κ2) is 4.68. The molecule has 2 heterocycles. The number of fused-ring (bicyclic) bond motifs is 1. The molecule has 0 unspecified atom stereocenters. The third-order valence-corrected chi connectivity index (χ3v) is 3.03. The second-order valence-electron chi connectivity index (χ2n) is 4.37. The van der Waals surface area contributed by atoms with Crippen LogP contribution >= 0.6 is 0 Å². The lowest BCUT2D eigenvalue weighted by molar-refractivity contribution is 0.627. The minimum atomic E-state index is -0.226. The summed E-state index contributed by atoms with van der Waals surface area (Å²) in [5, 5.41) is 4.23. The van der Waals surface area contributed by atoms with Crippen molar-refractivity contribution in [2.24, 2.45) is 7.05 Å². The number of anilines is 1. The number of nitrogens with one attached hydrogen (secondary N) is 1. The minimum Gasteiger partial charge on any atom is -0.365 e. The van der Waals surface area contributed by atoms with E-state index in [0.717, 1.165) is 22.4 Å². The summed E-state index contributed by atoms with van der Waals surface area (Å²) in [5.74, 6) is 0.561. The molecule has 1 aromatic carbocycles. The molecule has 0 radical (unpaired) electrons. The Morgan fingerprint density at radius 1 is 1.16 bits per heavy atom. The largest absolute Gasteiger partial charge is 0.365 e. The van der Waals surface area contributed by atoms with E-state index >= 15 is 0 Å². The molecule has 0 amide bonds. The normalized spacial score (nSPS) is 10.8. The smallest absolute Gasteiger partial charge is 0.145 e. The Balaban J connectivity index is 1.83. The van der Waals surface area contributed by atoms with Crippen molar-refractivity contribution >= 4 is 16.9 Å². The lowest BCUT2D eigenvalue weighted by atomic mass is 10.2. The molecule has 1 N–H and O–H groups in total. The number of hydrogen-bond donors (Lipinski definition) is 1. The summed E-state index contributed by atoms with van der Waals surface area (Å²) >= 11 is 0. The molecule has 0 aliphatic rings. The van der Waals surface area contributed by atoms with Gasteiger partial charge in [-0.25, -0.2) is 14.4 Å². The molecule has 0 saturated carbocycles. The highest BCUT2D eigenvalue weighted by Gasteiger charge is 2.05. The average molecular weight is 256 g/mol. The molecular formula is C14H13FN4. The molecule has 3 aromatic rings. The highest BCUT2D eigenvalue weighted by atomic mass is 19.1. The molecule has 5 heteroatoms. The highest BCUT2D eigenvalue weighted by molar-refractivity contribution is 5.87. The van der Waals surface area contributed by atoms with Crippen molar-refractivity contribution in [1.29, 1.82) is 0 Å². The van der Waals surface area contributed by atoms with Crippen LogP contribution in [-0.2, 0) is 13.6 Å². The topological polar surface area (TPSA) is 42.7 Å². The Kier molecular flexibility index (Phi) is 2.87. The van der Waals surface area contributed by atoms with Crippen LogP contribution in [0.2, 0.25) is 0 Å². The molecule has 0 atom stereocenters. The quantitative estimate of drug-likeness (QED) is 0.783. The number of benzene rings is 1. The monoisotopic (exact) mass is 256 g/mol. The number of aryl methyl sites for hydroxylation is 1. The summed E-state index contributed by atoms with van der Waals surface area (Å²) in [6.45, 7) is 0.598. The zero-order valence-corrected chi connectivity index (χ0v) is 10.5. The maximum absolute atomic E-state index is 12.8. The Bertz CT molecular complexity index is 703. The van der Waals surface area contributed by atoms with Crippen LogP contribution < -0.4 is 5.32 Å². The second-order valence-corrected chi connectivity index (χ2v) is 4.37. The van der Waals surface area contributed by atoms with Crippen LogP contribution in [0.3, 0.4) is 0 Å². The van der Waals surface area contributed by atoms with Gasteiger partial charge in [0, 0.05) is 19.8 Å². The van der Waals surface area contributed by atoms with Crippen molar-refractivity contribution < 1.29 is 4.39 Å². The van der Waals surface area contributed by atoms with Crippen molar-refractivity contribution in [2.75, 3.05) is 5.32 Å². The molecule has 0 bridgehead atoms. The van der Waals surface area contributed by atoms with E-state index in [9.17, 15) is 4.39 Å². The molecule has 0 fully saturated rings. The first-order valence-electron chi connectivity index (χ1n) is 5.98. The Morgan fingerprint density at radius 3 is 2.74 bits per heavy atom. The number of rotatable bonds is 3. The van der Waals surface area contributed by atoms with Crippen LogP contribution in [0.1, 0.15) is 5.56 Å². The minimum absolute atomic E-state index is 0.226. The molecule has 4 nitrogen and oxygen atoms in total. The van der Waals surface area contributed by atoms with E-state index in [1.165, 1.54) is 18.5 Å². The van der Waals surface area contributed by atoms with E-state index in [4.69, 9.17) is 0 Å². The third kappa shape index (κ3) is 2.27. The molecule has 19 heavy (non-hydrogen) atoms. The standard InChI is InChI=1S/C14H13FN4/c1-19-7-6-12-13(17-9-18-14(12)19)16-8-10-2-4-11(15)5-3-10/h2-7,9H,8H2,1H3,(H,16,17,18). The molecule has 0 aliphatic carbocycles. The first-order valence-corrected chi connectivity index (χ1v) is 5.98. The van der Waals surface area contributed by atoms with E-state index in [1.807, 2.05) is 23.9 Å². The fourth-order valence-corrected chi connectivity index (χ4v) is 2.01. The van der Waals surface area contributed by atoms with E-state index in [0.29, 0.717) is 6.54 Å². The lowest BCUT2D eigenvalue weighted by Crippen LogP contribution is -2.02.